The van der Waals surface area contributed by atoms with E-state index in [0.29, 0.717) is 30.4 Å². The van der Waals surface area contributed by atoms with Gasteiger partial charge in [-0.2, -0.15) is 11.8 Å². The Morgan fingerprint density at radius 2 is 2.22 bits per heavy atom. The van der Waals surface area contributed by atoms with Crippen molar-refractivity contribution in [1.29, 1.82) is 0 Å². The van der Waals surface area contributed by atoms with Crippen molar-refractivity contribution in [2.45, 2.75) is 37.0 Å². The largest absolute Gasteiger partial charge is 0.493 e. The molecule has 5 heteroatoms. The highest BCUT2D eigenvalue weighted by atomic mass is 32.2. The fourth-order valence-electron chi connectivity index (χ4n) is 3.53. The zero-order valence-electron chi connectivity index (χ0n) is 14.0. The Labute approximate surface area is 143 Å². The van der Waals surface area contributed by atoms with Gasteiger partial charge in [0.1, 0.15) is 5.75 Å². The van der Waals surface area contributed by atoms with E-state index in [0.717, 1.165) is 25.0 Å². The average Bonchev–Trinajstić information content (AvgIpc) is 3.08. The number of benzene rings is 1. The van der Waals surface area contributed by atoms with Gasteiger partial charge in [0, 0.05) is 30.8 Å². The summed E-state index contributed by atoms with van der Waals surface area (Å²) in [6.07, 6.45) is 6.59. The zero-order chi connectivity index (χ0) is 16.2. The molecule has 1 N–H and O–H groups in total. The molecule has 3 rings (SSSR count). The number of para-hydroxylation sites is 1. The van der Waals surface area contributed by atoms with Gasteiger partial charge in [-0.1, -0.05) is 18.2 Å². The smallest absolute Gasteiger partial charge is 0.317 e. The maximum Gasteiger partial charge on any atom is 0.317 e. The van der Waals surface area contributed by atoms with Crippen LogP contribution in [-0.4, -0.2) is 48.7 Å². The third-order valence-corrected chi connectivity index (χ3v) is 6.15. The third kappa shape index (κ3) is 3.94. The average molecular weight is 334 g/mol. The first-order valence-corrected chi connectivity index (χ1v) is 9.70. The van der Waals surface area contributed by atoms with E-state index in [-0.39, 0.29) is 6.03 Å². The van der Waals surface area contributed by atoms with Gasteiger partial charge in [-0.3, -0.25) is 0 Å². The van der Waals surface area contributed by atoms with Gasteiger partial charge in [0.2, 0.25) is 0 Å². The fraction of sp³-hybridized carbons (Fsp3) is 0.611. The summed E-state index contributed by atoms with van der Waals surface area (Å²) in [6.45, 7) is 1.36. The number of carbonyl (C=O) groups excluding carboxylic acids is 1. The zero-order valence-corrected chi connectivity index (χ0v) is 14.8. The molecule has 0 bridgehead atoms. The molecule has 1 heterocycles. The molecular formula is C18H26N2O2S. The van der Waals surface area contributed by atoms with Gasteiger partial charge in [-0.05, 0) is 43.6 Å². The normalized spacial score (nSPS) is 26.3. The second kappa shape index (κ2) is 7.47. The number of carbonyl (C=O) groups is 1. The Kier molecular flexibility index (Phi) is 5.36. The molecule has 0 radical (unpaired) electrons. The molecule has 1 aliphatic carbocycles. The predicted molar refractivity (Wildman–Crippen MR) is 95.2 cm³/mol. The van der Waals surface area contributed by atoms with Crippen molar-refractivity contribution in [3.8, 4) is 5.75 Å². The second-order valence-corrected chi connectivity index (χ2v) is 7.75. The number of rotatable bonds is 4. The minimum Gasteiger partial charge on any atom is -0.493 e. The van der Waals surface area contributed by atoms with Crippen LogP contribution < -0.4 is 10.1 Å². The molecule has 1 fully saturated rings. The van der Waals surface area contributed by atoms with Crippen LogP contribution in [-0.2, 0) is 6.42 Å². The molecule has 23 heavy (non-hydrogen) atoms. The standard InChI is InChI=1S/C18H26N2O2S/c1-20(15-7-8-16(10-15)23-2)18(21)19-11-13-9-14-5-3-4-6-17(14)22-12-13/h3-6,13,15-16H,7-12H2,1-2H3,(H,19,21)/t13-,15-,16+/m0/s1. The van der Waals surface area contributed by atoms with Gasteiger partial charge in [-0.25, -0.2) is 4.79 Å². The number of ether oxygens (including phenoxy) is 1. The van der Waals surface area contributed by atoms with E-state index in [2.05, 4.69) is 17.6 Å². The number of fused-ring (bicyclic) bond motifs is 1. The van der Waals surface area contributed by atoms with Crippen molar-refractivity contribution >= 4 is 17.8 Å². The van der Waals surface area contributed by atoms with Gasteiger partial charge in [0.15, 0.2) is 0 Å². The molecule has 126 valence electrons. The van der Waals surface area contributed by atoms with Crippen LogP contribution >= 0.6 is 11.8 Å². The monoisotopic (exact) mass is 334 g/mol. The third-order valence-electron chi connectivity index (χ3n) is 5.06. The van der Waals surface area contributed by atoms with Crippen LogP contribution in [0.15, 0.2) is 24.3 Å². The minimum atomic E-state index is 0.0515. The molecule has 1 saturated carbocycles. The Morgan fingerprint density at radius 3 is 3.00 bits per heavy atom. The lowest BCUT2D eigenvalue weighted by atomic mass is 9.97. The summed E-state index contributed by atoms with van der Waals surface area (Å²) in [5, 5.41) is 3.80. The van der Waals surface area contributed by atoms with Gasteiger partial charge >= 0.3 is 6.03 Å². The lowest BCUT2D eigenvalue weighted by molar-refractivity contribution is 0.181. The van der Waals surface area contributed by atoms with Crippen molar-refractivity contribution in [1.82, 2.24) is 10.2 Å². The number of nitrogens with zero attached hydrogens (tertiary/aromatic N) is 1. The topological polar surface area (TPSA) is 41.6 Å². The molecule has 2 amide bonds. The summed E-state index contributed by atoms with van der Waals surface area (Å²) in [5.74, 6) is 1.34. The number of hydrogen-bond acceptors (Lipinski definition) is 3. The fourth-order valence-corrected chi connectivity index (χ4v) is 4.31. The SMILES string of the molecule is CS[C@@H]1CC[C@H](N(C)C(=O)NC[C@H]2COc3ccccc3C2)C1. The van der Waals surface area contributed by atoms with Crippen LogP contribution in [0.5, 0.6) is 5.75 Å². The van der Waals surface area contributed by atoms with Crippen molar-refractivity contribution in [2.24, 2.45) is 5.92 Å². The summed E-state index contributed by atoms with van der Waals surface area (Å²) in [4.78, 5) is 14.3. The summed E-state index contributed by atoms with van der Waals surface area (Å²) in [7, 11) is 1.93. The van der Waals surface area contributed by atoms with Gasteiger partial charge in [0.05, 0.1) is 6.61 Å². The summed E-state index contributed by atoms with van der Waals surface area (Å²) in [5.41, 5.74) is 1.24. The molecule has 1 aliphatic heterocycles. The molecule has 3 atom stereocenters. The van der Waals surface area contributed by atoms with E-state index in [1.54, 1.807) is 0 Å². The van der Waals surface area contributed by atoms with E-state index in [4.69, 9.17) is 4.74 Å². The van der Waals surface area contributed by atoms with Crippen molar-refractivity contribution in [3.63, 3.8) is 0 Å². The van der Waals surface area contributed by atoms with Crippen LogP contribution in [0.4, 0.5) is 4.79 Å². The van der Waals surface area contributed by atoms with Gasteiger partial charge < -0.3 is 15.0 Å². The summed E-state index contributed by atoms with van der Waals surface area (Å²) < 4.78 is 5.79. The Bertz CT molecular complexity index is 552. The maximum atomic E-state index is 12.4. The van der Waals surface area contributed by atoms with Gasteiger partial charge in [0.25, 0.3) is 0 Å². The lowest BCUT2D eigenvalue weighted by Gasteiger charge is -2.28. The molecule has 1 aromatic rings. The van der Waals surface area contributed by atoms with Crippen LogP contribution in [0.3, 0.4) is 0 Å². The Hall–Kier alpha value is -1.36. The van der Waals surface area contributed by atoms with Crippen LogP contribution in [0.2, 0.25) is 0 Å². The highest BCUT2D eigenvalue weighted by Gasteiger charge is 2.29. The highest BCUT2D eigenvalue weighted by molar-refractivity contribution is 7.99. The molecule has 1 aromatic carbocycles. The first-order chi connectivity index (χ1) is 11.2. The number of nitrogens with one attached hydrogen (secondary N) is 1. The lowest BCUT2D eigenvalue weighted by Crippen LogP contribution is -2.45. The van der Waals surface area contributed by atoms with Crippen LogP contribution in [0.25, 0.3) is 0 Å². The summed E-state index contributed by atoms with van der Waals surface area (Å²) in [6, 6.07) is 8.60. The van der Waals surface area contributed by atoms with E-state index < -0.39 is 0 Å². The quantitative estimate of drug-likeness (QED) is 0.919. The number of hydrogen-bond donors (Lipinski definition) is 1. The van der Waals surface area contributed by atoms with E-state index >= 15 is 0 Å². The Balaban J connectivity index is 1.46. The van der Waals surface area contributed by atoms with E-state index in [9.17, 15) is 4.79 Å². The molecule has 0 saturated heterocycles. The highest BCUT2D eigenvalue weighted by Crippen LogP contribution is 2.31. The molecule has 0 spiro atoms. The number of urea groups is 1. The van der Waals surface area contributed by atoms with Crippen LogP contribution in [0.1, 0.15) is 24.8 Å². The number of thioether (sulfide) groups is 1. The predicted octanol–water partition coefficient (Wildman–Crippen LogP) is 3.16. The first kappa shape index (κ1) is 16.5. The Morgan fingerprint density at radius 1 is 1.39 bits per heavy atom. The first-order valence-electron chi connectivity index (χ1n) is 8.41. The minimum absolute atomic E-state index is 0.0515. The van der Waals surface area contributed by atoms with Crippen molar-refractivity contribution in [2.75, 3.05) is 26.5 Å². The number of amides is 2. The molecule has 0 unspecified atom stereocenters. The van der Waals surface area contributed by atoms with E-state index in [1.165, 1.54) is 12.0 Å². The molecule has 0 aromatic heterocycles. The molecule has 2 aliphatic rings. The summed E-state index contributed by atoms with van der Waals surface area (Å²) >= 11 is 1.92. The van der Waals surface area contributed by atoms with Crippen molar-refractivity contribution < 1.29 is 9.53 Å². The molecule has 4 nitrogen and oxygen atoms in total. The molecular weight excluding hydrogens is 308 g/mol. The van der Waals surface area contributed by atoms with Crippen molar-refractivity contribution in [3.05, 3.63) is 29.8 Å². The second-order valence-electron chi connectivity index (χ2n) is 6.61. The van der Waals surface area contributed by atoms with Crippen LogP contribution in [0, 0.1) is 5.92 Å². The van der Waals surface area contributed by atoms with E-state index in [1.807, 2.05) is 41.9 Å². The van der Waals surface area contributed by atoms with Gasteiger partial charge in [-0.15, -0.1) is 0 Å². The maximum absolute atomic E-state index is 12.4.